The van der Waals surface area contributed by atoms with Gasteiger partial charge in [-0.05, 0) is 31.1 Å². The van der Waals surface area contributed by atoms with Crippen molar-refractivity contribution in [2.75, 3.05) is 6.54 Å². The molecule has 11 heteroatoms. The Morgan fingerprint density at radius 3 is 2.74 bits per heavy atom. The minimum atomic E-state index is -0.525. The number of carbonyl (C=O) groups excluding carboxylic acids is 2. The average molecular weight is 472 g/mol. The van der Waals surface area contributed by atoms with Crippen molar-refractivity contribution in [3.8, 4) is 0 Å². The highest BCUT2D eigenvalue weighted by Gasteiger charge is 2.19. The van der Waals surface area contributed by atoms with E-state index in [-0.39, 0.29) is 31.1 Å². The average Bonchev–Trinajstić information content (AvgIpc) is 3.45. The van der Waals surface area contributed by atoms with Gasteiger partial charge >= 0.3 is 11.7 Å². The van der Waals surface area contributed by atoms with E-state index in [4.69, 9.17) is 9.15 Å². The number of aromatic nitrogens is 4. The van der Waals surface area contributed by atoms with E-state index < -0.39 is 17.2 Å². The van der Waals surface area contributed by atoms with Gasteiger partial charge in [0.1, 0.15) is 18.2 Å². The third kappa shape index (κ3) is 6.12. The van der Waals surface area contributed by atoms with E-state index >= 15 is 0 Å². The quantitative estimate of drug-likeness (QED) is 0.304. The lowest BCUT2D eigenvalue weighted by Gasteiger charge is -2.08. The zero-order valence-corrected chi connectivity index (χ0v) is 19.3. The Balaban J connectivity index is 1.64. The molecule has 0 bridgehead atoms. The van der Waals surface area contributed by atoms with Gasteiger partial charge in [-0.2, -0.15) is 0 Å². The normalized spacial score (nSPS) is 11.4. The van der Waals surface area contributed by atoms with Crippen LogP contribution in [0.3, 0.4) is 0 Å². The Hall–Kier alpha value is -3.89. The number of H-pyrrole nitrogens is 1. The van der Waals surface area contributed by atoms with Gasteiger partial charge in [0.05, 0.1) is 12.7 Å². The molecule has 182 valence electrons. The number of unbranched alkanes of at least 4 members (excludes halogenated alkanes) is 1. The predicted octanol–water partition coefficient (Wildman–Crippen LogP) is 1.95. The molecule has 11 nitrogen and oxygen atoms in total. The number of amides is 1. The van der Waals surface area contributed by atoms with Gasteiger partial charge in [0, 0.05) is 25.7 Å². The van der Waals surface area contributed by atoms with E-state index in [0.29, 0.717) is 30.2 Å². The number of nitrogens with one attached hydrogen (secondary N) is 2. The minimum absolute atomic E-state index is 0.0316. The molecule has 0 aromatic carbocycles. The molecule has 0 aliphatic carbocycles. The van der Waals surface area contributed by atoms with Crippen LogP contribution in [-0.2, 0) is 34.0 Å². The molecular weight excluding hydrogens is 442 g/mol. The highest BCUT2D eigenvalue weighted by atomic mass is 16.5. The third-order valence-corrected chi connectivity index (χ3v) is 5.08. The van der Waals surface area contributed by atoms with Crippen LogP contribution < -0.4 is 16.6 Å². The number of nitrogens with zero attached hydrogens (tertiary/aromatic N) is 3. The number of fused-ring (bicyclic) bond motifs is 1. The smallest absolute Gasteiger partial charge is 0.330 e. The number of aryl methyl sites for hydroxylation is 2. The number of furan rings is 1. The molecule has 0 spiro atoms. The molecule has 1 amide bonds. The van der Waals surface area contributed by atoms with E-state index in [9.17, 15) is 19.2 Å². The van der Waals surface area contributed by atoms with Crippen molar-refractivity contribution >= 4 is 29.1 Å². The molecule has 0 unspecified atom stereocenters. The molecule has 3 heterocycles. The number of ether oxygens (including phenoxy) is 1. The van der Waals surface area contributed by atoms with Gasteiger partial charge < -0.3 is 19.0 Å². The molecule has 0 aliphatic heterocycles. The topological polar surface area (TPSA) is 141 Å². The molecule has 0 fully saturated rings. The Morgan fingerprint density at radius 1 is 1.21 bits per heavy atom. The Morgan fingerprint density at radius 2 is 2.03 bits per heavy atom. The summed E-state index contributed by atoms with van der Waals surface area (Å²) in [7, 11) is 0. The molecule has 3 aromatic heterocycles. The predicted molar refractivity (Wildman–Crippen MR) is 125 cm³/mol. The van der Waals surface area contributed by atoms with Crippen LogP contribution in [-0.4, -0.2) is 37.5 Å². The van der Waals surface area contributed by atoms with Crippen molar-refractivity contribution in [2.24, 2.45) is 0 Å². The van der Waals surface area contributed by atoms with Gasteiger partial charge in [-0.25, -0.2) is 9.78 Å². The maximum atomic E-state index is 12.5. The number of imidazole rings is 1. The molecule has 0 saturated carbocycles. The molecule has 3 rings (SSSR count). The Bertz CT molecular complexity index is 1270. The monoisotopic (exact) mass is 471 g/mol. The second kappa shape index (κ2) is 11.8. The van der Waals surface area contributed by atoms with E-state index in [1.54, 1.807) is 16.7 Å². The van der Waals surface area contributed by atoms with Crippen molar-refractivity contribution in [1.29, 1.82) is 0 Å². The van der Waals surface area contributed by atoms with Gasteiger partial charge in [-0.3, -0.25) is 23.9 Å². The fraction of sp³-hybridized carbons (Fsp3) is 0.435. The maximum Gasteiger partial charge on any atom is 0.330 e. The minimum Gasteiger partial charge on any atom is -0.465 e. The summed E-state index contributed by atoms with van der Waals surface area (Å²) in [5, 5.41) is 2.60. The molecular formula is C23H29N5O6. The highest BCUT2D eigenvalue weighted by Crippen LogP contribution is 2.14. The summed E-state index contributed by atoms with van der Waals surface area (Å²) in [6, 6.07) is 3.42. The molecule has 0 radical (unpaired) electrons. The van der Waals surface area contributed by atoms with E-state index in [0.717, 1.165) is 19.3 Å². The zero-order chi connectivity index (χ0) is 24.5. The van der Waals surface area contributed by atoms with Gasteiger partial charge in [0.2, 0.25) is 5.91 Å². The highest BCUT2D eigenvalue weighted by molar-refractivity contribution is 5.91. The number of rotatable bonds is 12. The maximum absolute atomic E-state index is 12.5. The van der Waals surface area contributed by atoms with Crippen LogP contribution in [0.4, 0.5) is 0 Å². The Kier molecular flexibility index (Phi) is 8.60. The van der Waals surface area contributed by atoms with Crippen LogP contribution >= 0.6 is 0 Å². The van der Waals surface area contributed by atoms with Gasteiger partial charge in [-0.15, -0.1) is 0 Å². The zero-order valence-electron chi connectivity index (χ0n) is 19.3. The van der Waals surface area contributed by atoms with E-state index in [2.05, 4.69) is 15.3 Å². The van der Waals surface area contributed by atoms with Crippen LogP contribution in [0.1, 0.15) is 51.1 Å². The van der Waals surface area contributed by atoms with Crippen molar-refractivity contribution in [2.45, 2.75) is 59.2 Å². The van der Waals surface area contributed by atoms with Crippen LogP contribution in [0.25, 0.3) is 17.2 Å². The number of carbonyl (C=O) groups is 2. The second-order valence-electron chi connectivity index (χ2n) is 7.67. The SMILES string of the molecule is CCCCn1c(=O)[nH]c(=O)c2c1nc(COC(=O)CCNC(=O)C=Cc1ccco1)n2CCC. The number of hydrogen-bond donors (Lipinski definition) is 2. The second-order valence-corrected chi connectivity index (χ2v) is 7.67. The summed E-state index contributed by atoms with van der Waals surface area (Å²) in [5.74, 6) is 0.0429. The standard InChI is InChI=1S/C23H29N5O6/c1-3-5-13-28-21-20(22(31)26-23(28)32)27(12-4-2)17(25-21)15-34-19(30)10-11-24-18(29)9-8-16-7-6-14-33-16/h6-9,14H,3-5,10-13,15H2,1-2H3,(H,24,29)(H,26,31,32). The van der Waals surface area contributed by atoms with Crippen LogP contribution in [0, 0.1) is 0 Å². The third-order valence-electron chi connectivity index (χ3n) is 5.08. The summed E-state index contributed by atoms with van der Waals surface area (Å²) in [5.41, 5.74) is -0.444. The van der Waals surface area contributed by atoms with Crippen LogP contribution in [0.2, 0.25) is 0 Å². The van der Waals surface area contributed by atoms with Gasteiger partial charge in [0.15, 0.2) is 11.2 Å². The fourth-order valence-electron chi connectivity index (χ4n) is 3.42. The number of esters is 1. The van der Waals surface area contributed by atoms with Crippen molar-refractivity contribution in [3.63, 3.8) is 0 Å². The molecule has 34 heavy (non-hydrogen) atoms. The summed E-state index contributed by atoms with van der Waals surface area (Å²) in [4.78, 5) is 55.7. The molecule has 3 aromatic rings. The van der Waals surface area contributed by atoms with Gasteiger partial charge in [-0.1, -0.05) is 20.3 Å². The fourth-order valence-corrected chi connectivity index (χ4v) is 3.42. The first-order chi connectivity index (χ1) is 16.4. The first kappa shape index (κ1) is 24.7. The molecule has 2 N–H and O–H groups in total. The lowest BCUT2D eigenvalue weighted by atomic mass is 10.3. The van der Waals surface area contributed by atoms with Crippen molar-refractivity contribution < 1.29 is 18.7 Å². The van der Waals surface area contributed by atoms with E-state index in [1.807, 2.05) is 13.8 Å². The van der Waals surface area contributed by atoms with Crippen molar-refractivity contribution in [1.82, 2.24) is 24.4 Å². The number of hydrogen-bond acceptors (Lipinski definition) is 7. The lowest BCUT2D eigenvalue weighted by molar-refractivity contribution is -0.145. The largest absolute Gasteiger partial charge is 0.465 e. The molecule has 0 saturated heterocycles. The molecule has 0 aliphatic rings. The number of aromatic amines is 1. The molecule has 0 atom stereocenters. The van der Waals surface area contributed by atoms with Crippen LogP contribution in [0.5, 0.6) is 0 Å². The van der Waals surface area contributed by atoms with Crippen LogP contribution in [0.15, 0.2) is 38.5 Å². The Labute approximate surface area is 195 Å². The summed E-state index contributed by atoms with van der Waals surface area (Å²) in [6.07, 6.45) is 6.66. The summed E-state index contributed by atoms with van der Waals surface area (Å²) < 4.78 is 13.6. The summed E-state index contributed by atoms with van der Waals surface area (Å²) in [6.45, 7) is 4.82. The first-order valence-electron chi connectivity index (χ1n) is 11.3. The van der Waals surface area contributed by atoms with Crippen molar-refractivity contribution in [3.05, 3.63) is 56.9 Å². The van der Waals surface area contributed by atoms with E-state index in [1.165, 1.54) is 23.0 Å². The lowest BCUT2D eigenvalue weighted by Crippen LogP contribution is -2.31. The van der Waals surface area contributed by atoms with Gasteiger partial charge in [0.25, 0.3) is 5.56 Å². The first-order valence-corrected chi connectivity index (χ1v) is 11.3. The summed E-state index contributed by atoms with van der Waals surface area (Å²) >= 11 is 0.